The Hall–Kier alpha value is -1.72. The molecule has 0 amide bonds. The van der Waals surface area contributed by atoms with Crippen molar-refractivity contribution < 1.29 is 13.7 Å². The minimum atomic E-state index is -0.957. The fraction of sp³-hybridized carbons (Fsp3) is 0.500. The summed E-state index contributed by atoms with van der Waals surface area (Å²) in [7, 11) is 0. The lowest BCUT2D eigenvalue weighted by Gasteiger charge is -2.21. The second kappa shape index (κ2) is 5.75. The van der Waals surface area contributed by atoms with Crippen LogP contribution in [0.25, 0.3) is 0 Å². The van der Waals surface area contributed by atoms with Gasteiger partial charge < -0.3 is 5.32 Å². The van der Waals surface area contributed by atoms with Gasteiger partial charge >= 0.3 is 0 Å². The van der Waals surface area contributed by atoms with Crippen LogP contribution in [0.2, 0.25) is 0 Å². The van der Waals surface area contributed by atoms with Crippen LogP contribution in [0.3, 0.4) is 0 Å². The third kappa shape index (κ3) is 3.15. The number of nitrogens with zero attached hydrogens (tertiary/aromatic N) is 1. The smallest absolute Gasteiger partial charge is 0.298 e. The third-order valence-corrected chi connectivity index (χ3v) is 3.10. The molecule has 0 aliphatic heterocycles. The van der Waals surface area contributed by atoms with Gasteiger partial charge in [-0.3, -0.25) is 10.1 Å². The summed E-state index contributed by atoms with van der Waals surface area (Å²) in [6, 6.07) is 1.21. The number of rotatable bonds is 5. The molecule has 0 fully saturated rings. The van der Waals surface area contributed by atoms with Gasteiger partial charge in [0.05, 0.1) is 11.0 Å². The van der Waals surface area contributed by atoms with Crippen LogP contribution in [-0.2, 0) is 0 Å². The molecule has 0 heterocycles. The summed E-state index contributed by atoms with van der Waals surface area (Å²) in [5, 5.41) is 13.5. The van der Waals surface area contributed by atoms with E-state index in [9.17, 15) is 18.9 Å². The minimum absolute atomic E-state index is 0.145. The zero-order chi connectivity index (χ0) is 13.9. The number of hydrogen-bond acceptors (Lipinski definition) is 3. The van der Waals surface area contributed by atoms with Gasteiger partial charge in [-0.2, -0.15) is 0 Å². The van der Waals surface area contributed by atoms with E-state index in [1.54, 1.807) is 6.92 Å². The Kier molecular flexibility index (Phi) is 4.58. The number of nitro groups is 1. The predicted molar refractivity (Wildman–Crippen MR) is 65.6 cm³/mol. The van der Waals surface area contributed by atoms with Crippen molar-refractivity contribution in [3.05, 3.63) is 33.9 Å². The molecule has 1 aromatic carbocycles. The Bertz CT molecular complexity index is 452. The maximum absolute atomic E-state index is 13.6. The Labute approximate surface area is 104 Å². The molecule has 1 N–H and O–H groups in total. The number of nitrogens with one attached hydrogen (secondary N) is 1. The largest absolute Gasteiger partial charge is 0.374 e. The highest BCUT2D eigenvalue weighted by molar-refractivity contribution is 5.62. The van der Waals surface area contributed by atoms with Gasteiger partial charge in [0, 0.05) is 12.1 Å². The van der Waals surface area contributed by atoms with Crippen molar-refractivity contribution in [2.24, 2.45) is 5.92 Å². The van der Waals surface area contributed by atoms with Gasteiger partial charge in [0.25, 0.3) is 5.69 Å². The standard InChI is InChI=1S/C12H16F2N2O2/c1-4-7(2)8(3)15-12-10(14)5-9(13)6-11(12)16(17)18/h5-8,15H,4H2,1-3H3. The zero-order valence-electron chi connectivity index (χ0n) is 10.5. The number of nitro benzene ring substituents is 1. The van der Waals surface area contributed by atoms with E-state index < -0.39 is 22.2 Å². The molecule has 0 saturated heterocycles. The summed E-state index contributed by atoms with van der Waals surface area (Å²) in [4.78, 5) is 9.99. The number of hydrogen-bond donors (Lipinski definition) is 1. The van der Waals surface area contributed by atoms with Crippen LogP contribution in [0.4, 0.5) is 20.2 Å². The fourth-order valence-electron chi connectivity index (χ4n) is 1.57. The Morgan fingerprint density at radius 3 is 2.50 bits per heavy atom. The first-order valence-corrected chi connectivity index (χ1v) is 5.76. The average Bonchev–Trinajstić information content (AvgIpc) is 2.30. The highest BCUT2D eigenvalue weighted by Crippen LogP contribution is 2.30. The monoisotopic (exact) mass is 258 g/mol. The molecule has 1 rings (SSSR count). The van der Waals surface area contributed by atoms with Gasteiger partial charge in [-0.15, -0.1) is 0 Å². The van der Waals surface area contributed by atoms with Crippen molar-refractivity contribution in [2.45, 2.75) is 33.2 Å². The normalized spacial score (nSPS) is 14.1. The fourth-order valence-corrected chi connectivity index (χ4v) is 1.57. The SMILES string of the molecule is CCC(C)C(C)Nc1c(F)cc(F)cc1[N+](=O)[O-]. The summed E-state index contributed by atoms with van der Waals surface area (Å²) in [6.45, 7) is 5.73. The van der Waals surface area contributed by atoms with Crippen LogP contribution in [0.5, 0.6) is 0 Å². The van der Waals surface area contributed by atoms with E-state index in [0.717, 1.165) is 12.5 Å². The first kappa shape index (κ1) is 14.3. The van der Waals surface area contributed by atoms with Gasteiger partial charge in [-0.1, -0.05) is 20.3 Å². The van der Waals surface area contributed by atoms with Crippen LogP contribution in [-0.4, -0.2) is 11.0 Å². The number of halogens is 2. The molecule has 0 aliphatic rings. The molecule has 18 heavy (non-hydrogen) atoms. The summed E-state index contributed by atoms with van der Waals surface area (Å²) >= 11 is 0. The van der Waals surface area contributed by atoms with Crippen LogP contribution in [0, 0.1) is 27.7 Å². The van der Waals surface area contributed by atoms with Crippen LogP contribution < -0.4 is 5.32 Å². The van der Waals surface area contributed by atoms with Gasteiger partial charge in [-0.25, -0.2) is 8.78 Å². The van der Waals surface area contributed by atoms with E-state index in [2.05, 4.69) is 5.32 Å². The molecule has 6 heteroatoms. The van der Waals surface area contributed by atoms with Crippen molar-refractivity contribution >= 4 is 11.4 Å². The minimum Gasteiger partial charge on any atom is -0.374 e. The van der Waals surface area contributed by atoms with Gasteiger partial charge in [0.15, 0.2) is 5.82 Å². The maximum Gasteiger partial charge on any atom is 0.298 e. The average molecular weight is 258 g/mol. The summed E-state index contributed by atoms with van der Waals surface area (Å²) in [6.07, 6.45) is 0.852. The lowest BCUT2D eigenvalue weighted by atomic mass is 10.0. The second-order valence-corrected chi connectivity index (χ2v) is 4.36. The summed E-state index contributed by atoms with van der Waals surface area (Å²) < 4.78 is 26.6. The predicted octanol–water partition coefficient (Wildman–Crippen LogP) is 3.72. The number of anilines is 1. The molecular weight excluding hydrogens is 242 g/mol. The molecule has 1 aromatic rings. The lowest BCUT2D eigenvalue weighted by molar-refractivity contribution is -0.384. The molecule has 0 radical (unpaired) electrons. The van der Waals surface area contributed by atoms with Crippen LogP contribution in [0.15, 0.2) is 12.1 Å². The topological polar surface area (TPSA) is 55.2 Å². The van der Waals surface area contributed by atoms with E-state index in [0.29, 0.717) is 6.07 Å². The molecule has 100 valence electrons. The van der Waals surface area contributed by atoms with Crippen molar-refractivity contribution in [3.63, 3.8) is 0 Å². The van der Waals surface area contributed by atoms with E-state index >= 15 is 0 Å². The summed E-state index contributed by atoms with van der Waals surface area (Å²) in [5.74, 6) is -1.69. The van der Waals surface area contributed by atoms with Crippen molar-refractivity contribution in [1.29, 1.82) is 0 Å². The van der Waals surface area contributed by atoms with Crippen molar-refractivity contribution in [2.75, 3.05) is 5.32 Å². The van der Waals surface area contributed by atoms with Crippen molar-refractivity contribution in [1.82, 2.24) is 0 Å². The summed E-state index contributed by atoms with van der Waals surface area (Å²) in [5.41, 5.74) is -0.836. The Morgan fingerprint density at radius 2 is 2.00 bits per heavy atom. The molecule has 2 atom stereocenters. The highest BCUT2D eigenvalue weighted by Gasteiger charge is 2.23. The molecule has 0 bridgehead atoms. The van der Waals surface area contributed by atoms with Gasteiger partial charge in [-0.05, 0) is 12.8 Å². The molecule has 2 unspecified atom stereocenters. The second-order valence-electron chi connectivity index (χ2n) is 4.36. The zero-order valence-corrected chi connectivity index (χ0v) is 10.5. The van der Waals surface area contributed by atoms with Crippen molar-refractivity contribution in [3.8, 4) is 0 Å². The Morgan fingerprint density at radius 1 is 1.39 bits per heavy atom. The molecular formula is C12H16F2N2O2. The quantitative estimate of drug-likeness (QED) is 0.646. The molecule has 4 nitrogen and oxygen atoms in total. The maximum atomic E-state index is 13.6. The van der Waals surface area contributed by atoms with E-state index in [1.165, 1.54) is 0 Å². The molecule has 0 aliphatic carbocycles. The van der Waals surface area contributed by atoms with E-state index in [1.807, 2.05) is 13.8 Å². The first-order valence-electron chi connectivity index (χ1n) is 5.76. The van der Waals surface area contributed by atoms with Gasteiger partial charge in [0.1, 0.15) is 11.5 Å². The van der Waals surface area contributed by atoms with Crippen LogP contribution >= 0.6 is 0 Å². The Balaban J connectivity index is 3.11. The van der Waals surface area contributed by atoms with E-state index in [4.69, 9.17) is 0 Å². The molecule has 0 aromatic heterocycles. The van der Waals surface area contributed by atoms with Crippen LogP contribution in [0.1, 0.15) is 27.2 Å². The van der Waals surface area contributed by atoms with Gasteiger partial charge in [0.2, 0.25) is 0 Å². The molecule has 0 spiro atoms. The third-order valence-electron chi connectivity index (χ3n) is 3.10. The lowest BCUT2D eigenvalue weighted by Crippen LogP contribution is -2.24. The first-order chi connectivity index (χ1) is 8.36. The van der Waals surface area contributed by atoms with E-state index in [-0.39, 0.29) is 17.6 Å². The number of benzene rings is 1. The highest BCUT2D eigenvalue weighted by atomic mass is 19.1. The molecule has 0 saturated carbocycles.